The van der Waals surface area contributed by atoms with Crippen LogP contribution in [0.2, 0.25) is 0 Å². The highest BCUT2D eigenvalue weighted by molar-refractivity contribution is 8.18. The van der Waals surface area contributed by atoms with Crippen LogP contribution in [0.3, 0.4) is 0 Å². The van der Waals surface area contributed by atoms with E-state index in [9.17, 15) is 4.79 Å². The molecule has 1 aliphatic heterocycles. The first-order chi connectivity index (χ1) is 11.0. The van der Waals surface area contributed by atoms with Crippen LogP contribution in [0.4, 0.5) is 10.8 Å². The van der Waals surface area contributed by atoms with Gasteiger partial charge in [0.1, 0.15) is 5.01 Å². The van der Waals surface area contributed by atoms with Crippen LogP contribution in [-0.4, -0.2) is 33.2 Å². The van der Waals surface area contributed by atoms with Gasteiger partial charge in [-0.3, -0.25) is 9.69 Å². The van der Waals surface area contributed by atoms with Gasteiger partial charge in [0.25, 0.3) is 5.91 Å². The molecule has 2 heterocycles. The number of thioether (sulfide) groups is 1. The smallest absolute Gasteiger partial charge is 0.266 e. The molecule has 8 heteroatoms. The fourth-order valence-electron chi connectivity index (χ4n) is 2.05. The van der Waals surface area contributed by atoms with Gasteiger partial charge in [-0.25, -0.2) is 0 Å². The van der Waals surface area contributed by atoms with E-state index in [1.54, 1.807) is 7.05 Å². The van der Waals surface area contributed by atoms with E-state index in [1.807, 2.05) is 38.1 Å². The summed E-state index contributed by atoms with van der Waals surface area (Å²) in [7, 11) is 1.71. The van der Waals surface area contributed by atoms with Crippen molar-refractivity contribution in [3.8, 4) is 0 Å². The number of anilines is 1. The van der Waals surface area contributed by atoms with Gasteiger partial charge in [0, 0.05) is 12.7 Å². The van der Waals surface area contributed by atoms with Crippen molar-refractivity contribution in [1.29, 1.82) is 0 Å². The molecule has 23 heavy (non-hydrogen) atoms. The molecule has 1 saturated heterocycles. The number of carbonyl (C=O) groups excluding carboxylic acids is 1. The lowest BCUT2D eigenvalue weighted by molar-refractivity contribution is -0.121. The number of nitrogens with zero attached hydrogens (tertiary/aromatic N) is 4. The third-order valence-electron chi connectivity index (χ3n) is 3.37. The minimum absolute atomic E-state index is 0.0655. The average Bonchev–Trinajstić information content (AvgIpc) is 3.06. The fraction of sp³-hybridized carbons (Fsp3) is 0.200. The minimum atomic E-state index is -0.0655. The van der Waals surface area contributed by atoms with E-state index < -0.39 is 0 Å². The Labute approximate surface area is 142 Å². The fourth-order valence-corrected chi connectivity index (χ4v) is 3.70. The lowest BCUT2D eigenvalue weighted by atomic mass is 10.1. The number of hydrogen-bond donors (Lipinski definition) is 1. The van der Waals surface area contributed by atoms with Gasteiger partial charge in [0.15, 0.2) is 5.17 Å². The Morgan fingerprint density at radius 2 is 1.96 bits per heavy atom. The molecule has 0 atom stereocenters. The van der Waals surface area contributed by atoms with E-state index in [2.05, 4.69) is 15.2 Å². The summed E-state index contributed by atoms with van der Waals surface area (Å²) < 4.78 is 0. The standard InChI is InChI=1S/C15H15N5OS2/c1-8(10-4-6-11(16)7-5-10)12-13(21)20(3)15(23-12)17-14-19-18-9(2)22-14/h4-7H,16H2,1-3H3/b12-8-,17-15+. The lowest BCUT2D eigenvalue weighted by Gasteiger charge is -2.07. The van der Waals surface area contributed by atoms with Gasteiger partial charge >= 0.3 is 0 Å². The van der Waals surface area contributed by atoms with Crippen molar-refractivity contribution >= 4 is 50.6 Å². The highest BCUT2D eigenvalue weighted by atomic mass is 32.2. The van der Waals surface area contributed by atoms with E-state index in [0.717, 1.165) is 16.1 Å². The second kappa shape index (κ2) is 6.13. The number of nitrogens with two attached hydrogens (primary N) is 1. The summed E-state index contributed by atoms with van der Waals surface area (Å²) in [6, 6.07) is 7.47. The molecular formula is C15H15N5OS2. The molecule has 1 aliphatic rings. The monoisotopic (exact) mass is 345 g/mol. The number of aromatic nitrogens is 2. The Balaban J connectivity index is 1.95. The predicted octanol–water partition coefficient (Wildman–Crippen LogP) is 3.05. The second-order valence-electron chi connectivity index (χ2n) is 5.04. The van der Waals surface area contributed by atoms with Gasteiger partial charge in [0.05, 0.1) is 4.91 Å². The Morgan fingerprint density at radius 3 is 2.57 bits per heavy atom. The Hall–Kier alpha value is -2.19. The summed E-state index contributed by atoms with van der Waals surface area (Å²) in [4.78, 5) is 19.1. The maximum Gasteiger partial charge on any atom is 0.266 e. The highest BCUT2D eigenvalue weighted by Gasteiger charge is 2.32. The van der Waals surface area contributed by atoms with Crippen LogP contribution in [-0.2, 0) is 4.79 Å². The van der Waals surface area contributed by atoms with Gasteiger partial charge in [-0.2, -0.15) is 4.99 Å². The molecule has 1 amide bonds. The Morgan fingerprint density at radius 1 is 1.26 bits per heavy atom. The van der Waals surface area contributed by atoms with Gasteiger partial charge in [-0.05, 0) is 48.9 Å². The first-order valence-corrected chi connectivity index (χ1v) is 8.50. The number of nitrogen functional groups attached to an aromatic ring is 1. The van der Waals surface area contributed by atoms with Gasteiger partial charge in [-0.15, -0.1) is 10.2 Å². The average molecular weight is 345 g/mol. The number of carbonyl (C=O) groups is 1. The molecule has 0 aliphatic carbocycles. The maximum atomic E-state index is 12.5. The van der Waals surface area contributed by atoms with Crippen LogP contribution < -0.4 is 5.73 Å². The Bertz CT molecular complexity index is 823. The summed E-state index contributed by atoms with van der Waals surface area (Å²) in [5.41, 5.74) is 8.29. The Kier molecular flexibility index (Phi) is 4.18. The third-order valence-corrected chi connectivity index (χ3v) is 5.34. The zero-order chi connectivity index (χ0) is 16.6. The molecule has 1 fully saturated rings. The van der Waals surface area contributed by atoms with E-state index in [4.69, 9.17) is 5.73 Å². The van der Waals surface area contributed by atoms with Gasteiger partial charge < -0.3 is 5.73 Å². The summed E-state index contributed by atoms with van der Waals surface area (Å²) in [6.45, 7) is 3.80. The molecule has 0 saturated carbocycles. The SMILES string of the molecule is C/C(=C1/S/C(=N/c2nnc(C)s2)N(C)C1=O)c1ccc(N)cc1. The molecule has 0 spiro atoms. The predicted molar refractivity (Wildman–Crippen MR) is 95.6 cm³/mol. The number of amides is 1. The number of likely N-dealkylation sites (N-methyl/N-ethyl adjacent to an activating group) is 1. The number of allylic oxidation sites excluding steroid dienone is 1. The largest absolute Gasteiger partial charge is 0.399 e. The first-order valence-electron chi connectivity index (χ1n) is 6.87. The van der Waals surface area contributed by atoms with Crippen molar-refractivity contribution < 1.29 is 4.79 Å². The quantitative estimate of drug-likeness (QED) is 0.668. The van der Waals surface area contributed by atoms with E-state index >= 15 is 0 Å². The van der Waals surface area contributed by atoms with E-state index in [0.29, 0.717) is 20.9 Å². The highest BCUT2D eigenvalue weighted by Crippen LogP contribution is 2.37. The van der Waals surface area contributed by atoms with Crippen LogP contribution in [0.1, 0.15) is 17.5 Å². The molecule has 3 rings (SSSR count). The number of amidine groups is 1. The van der Waals surface area contributed by atoms with Crippen LogP contribution >= 0.6 is 23.1 Å². The normalized spacial score (nSPS) is 18.8. The molecule has 2 aromatic rings. The molecule has 1 aromatic carbocycles. The van der Waals surface area contributed by atoms with Crippen LogP contribution in [0.25, 0.3) is 5.57 Å². The second-order valence-corrected chi connectivity index (χ2v) is 7.18. The van der Waals surface area contributed by atoms with Crippen molar-refractivity contribution in [2.45, 2.75) is 13.8 Å². The van der Waals surface area contributed by atoms with Crippen LogP contribution in [0, 0.1) is 6.92 Å². The topological polar surface area (TPSA) is 84.5 Å². The van der Waals surface area contributed by atoms with Gasteiger partial charge in [0.2, 0.25) is 5.13 Å². The molecule has 0 unspecified atom stereocenters. The zero-order valence-corrected chi connectivity index (χ0v) is 14.5. The first kappa shape index (κ1) is 15.7. The zero-order valence-electron chi connectivity index (χ0n) is 12.9. The summed E-state index contributed by atoms with van der Waals surface area (Å²) >= 11 is 2.75. The molecule has 6 nitrogen and oxygen atoms in total. The van der Waals surface area contributed by atoms with Crippen molar-refractivity contribution in [3.63, 3.8) is 0 Å². The minimum Gasteiger partial charge on any atom is -0.399 e. The van der Waals surface area contributed by atoms with Gasteiger partial charge in [-0.1, -0.05) is 23.5 Å². The molecular weight excluding hydrogens is 330 g/mol. The number of hydrogen-bond acceptors (Lipinski definition) is 7. The number of aliphatic imine (C=N–C) groups is 1. The molecule has 0 bridgehead atoms. The molecule has 118 valence electrons. The number of aryl methyl sites for hydroxylation is 1. The van der Waals surface area contributed by atoms with E-state index in [1.165, 1.54) is 28.0 Å². The summed E-state index contributed by atoms with van der Waals surface area (Å²) in [5, 5.41) is 9.92. The third kappa shape index (κ3) is 3.13. The van der Waals surface area contributed by atoms with Crippen molar-refractivity contribution in [2.24, 2.45) is 4.99 Å². The molecule has 2 N–H and O–H groups in total. The summed E-state index contributed by atoms with van der Waals surface area (Å²) in [6.07, 6.45) is 0. The number of benzene rings is 1. The summed E-state index contributed by atoms with van der Waals surface area (Å²) in [5.74, 6) is -0.0655. The lowest BCUT2D eigenvalue weighted by Crippen LogP contribution is -2.23. The van der Waals surface area contributed by atoms with Crippen LogP contribution in [0.5, 0.6) is 0 Å². The van der Waals surface area contributed by atoms with E-state index in [-0.39, 0.29) is 5.91 Å². The molecule has 1 aromatic heterocycles. The maximum absolute atomic E-state index is 12.5. The van der Waals surface area contributed by atoms with Crippen LogP contribution in [0.15, 0.2) is 34.2 Å². The number of rotatable bonds is 2. The van der Waals surface area contributed by atoms with Crippen molar-refractivity contribution in [1.82, 2.24) is 15.1 Å². The molecule has 0 radical (unpaired) electrons. The van der Waals surface area contributed by atoms with Crippen molar-refractivity contribution in [2.75, 3.05) is 12.8 Å². The van der Waals surface area contributed by atoms with Crippen molar-refractivity contribution in [3.05, 3.63) is 39.7 Å².